The average molecular weight is 471 g/mol. The largest absolute Gasteiger partial charge is 0.493 e. The monoisotopic (exact) mass is 471 g/mol. The predicted molar refractivity (Wildman–Crippen MR) is 124 cm³/mol. The van der Waals surface area contributed by atoms with Crippen molar-refractivity contribution >= 4 is 29.6 Å². The van der Waals surface area contributed by atoms with Gasteiger partial charge in [-0.15, -0.1) is 0 Å². The molecule has 9 heteroatoms. The molecule has 35 heavy (non-hydrogen) atoms. The summed E-state index contributed by atoms with van der Waals surface area (Å²) < 4.78 is 24.5. The van der Waals surface area contributed by atoms with E-state index >= 15 is 0 Å². The molecular weight excluding hydrogens is 453 g/mol. The lowest BCUT2D eigenvalue weighted by Gasteiger charge is -2.26. The second kappa shape index (κ2) is 9.89. The number of rotatable bonds is 6. The number of benzene rings is 3. The molecule has 0 atom stereocenters. The van der Waals surface area contributed by atoms with Gasteiger partial charge in [0.05, 0.1) is 24.4 Å². The van der Waals surface area contributed by atoms with Gasteiger partial charge in [0.2, 0.25) is 0 Å². The summed E-state index contributed by atoms with van der Waals surface area (Å²) in [5.74, 6) is -1.51. The molecule has 4 amide bonds. The van der Waals surface area contributed by atoms with Crippen LogP contribution in [0, 0.1) is 17.1 Å². The number of imide groups is 2. The Bertz CT molecular complexity index is 1390. The van der Waals surface area contributed by atoms with Gasteiger partial charge in [0.25, 0.3) is 11.8 Å². The van der Waals surface area contributed by atoms with Crippen LogP contribution in [0.5, 0.6) is 11.5 Å². The highest BCUT2D eigenvalue weighted by atomic mass is 19.1. The lowest BCUT2D eigenvalue weighted by atomic mass is 10.1. The lowest BCUT2D eigenvalue weighted by Crippen LogP contribution is -2.54. The van der Waals surface area contributed by atoms with Gasteiger partial charge < -0.3 is 9.47 Å². The Balaban J connectivity index is 1.60. The van der Waals surface area contributed by atoms with Crippen LogP contribution >= 0.6 is 0 Å². The lowest BCUT2D eigenvalue weighted by molar-refractivity contribution is -0.122. The molecule has 4 rings (SSSR count). The number of halogens is 1. The van der Waals surface area contributed by atoms with Gasteiger partial charge in [-0.05, 0) is 54.1 Å². The fourth-order valence-corrected chi connectivity index (χ4v) is 3.45. The van der Waals surface area contributed by atoms with Gasteiger partial charge in [-0.3, -0.25) is 14.9 Å². The molecule has 1 N–H and O–H groups in total. The molecule has 0 unspecified atom stereocenters. The van der Waals surface area contributed by atoms with Crippen LogP contribution < -0.4 is 19.7 Å². The summed E-state index contributed by atoms with van der Waals surface area (Å²) in [6.07, 6.45) is 1.32. The molecule has 1 fully saturated rings. The first-order valence-corrected chi connectivity index (χ1v) is 10.4. The molecule has 0 radical (unpaired) electrons. The third-order valence-electron chi connectivity index (χ3n) is 5.21. The van der Waals surface area contributed by atoms with Crippen LogP contribution in [0.4, 0.5) is 14.9 Å². The summed E-state index contributed by atoms with van der Waals surface area (Å²) in [6, 6.07) is 17.7. The smallest absolute Gasteiger partial charge is 0.335 e. The molecule has 0 aliphatic carbocycles. The number of amides is 4. The van der Waals surface area contributed by atoms with Crippen molar-refractivity contribution in [1.82, 2.24) is 5.32 Å². The summed E-state index contributed by atoms with van der Waals surface area (Å²) in [4.78, 5) is 38.4. The van der Waals surface area contributed by atoms with E-state index < -0.39 is 23.7 Å². The molecular formula is C26H18FN3O5. The number of hydrogen-bond donors (Lipinski definition) is 1. The van der Waals surface area contributed by atoms with Crippen molar-refractivity contribution in [3.63, 3.8) is 0 Å². The number of nitrogens with one attached hydrogen (secondary N) is 1. The van der Waals surface area contributed by atoms with E-state index in [9.17, 15) is 24.0 Å². The van der Waals surface area contributed by atoms with E-state index in [0.29, 0.717) is 28.2 Å². The highest BCUT2D eigenvalue weighted by Gasteiger charge is 2.36. The summed E-state index contributed by atoms with van der Waals surface area (Å²) in [5.41, 5.74) is 1.48. The first-order valence-electron chi connectivity index (χ1n) is 10.4. The van der Waals surface area contributed by atoms with Crippen LogP contribution in [-0.4, -0.2) is 25.0 Å². The zero-order chi connectivity index (χ0) is 24.9. The highest BCUT2D eigenvalue weighted by Crippen LogP contribution is 2.31. The van der Waals surface area contributed by atoms with Crippen LogP contribution in [0.2, 0.25) is 0 Å². The maximum atomic E-state index is 13.3. The van der Waals surface area contributed by atoms with Gasteiger partial charge >= 0.3 is 6.03 Å². The van der Waals surface area contributed by atoms with Gasteiger partial charge in [0, 0.05) is 5.56 Å². The van der Waals surface area contributed by atoms with E-state index in [1.54, 1.807) is 42.5 Å². The number of nitriles is 1. The van der Waals surface area contributed by atoms with Crippen molar-refractivity contribution in [3.05, 3.63) is 94.8 Å². The van der Waals surface area contributed by atoms with Gasteiger partial charge in [0.1, 0.15) is 18.0 Å². The third-order valence-corrected chi connectivity index (χ3v) is 5.21. The number of methoxy groups -OCH3 is 1. The molecule has 174 valence electrons. The van der Waals surface area contributed by atoms with Crippen molar-refractivity contribution in [3.8, 4) is 17.6 Å². The molecule has 3 aromatic carbocycles. The Hall–Kier alpha value is -4.97. The maximum Gasteiger partial charge on any atom is 0.335 e. The van der Waals surface area contributed by atoms with Gasteiger partial charge in [-0.2, -0.15) is 5.26 Å². The molecule has 0 saturated carbocycles. The Labute approximate surface area is 199 Å². The van der Waals surface area contributed by atoms with E-state index in [2.05, 4.69) is 11.4 Å². The Kier molecular flexibility index (Phi) is 6.55. The SMILES string of the molecule is COc1cc(/C=C2\C(=O)NC(=O)N(c3ccc(F)cc3)C2=O)ccc1OCc1ccccc1C#N. The predicted octanol–water partition coefficient (Wildman–Crippen LogP) is 3.95. The van der Waals surface area contributed by atoms with Crippen LogP contribution in [0.1, 0.15) is 16.7 Å². The summed E-state index contributed by atoms with van der Waals surface area (Å²) in [7, 11) is 1.44. The first kappa shape index (κ1) is 23.2. The van der Waals surface area contributed by atoms with E-state index in [0.717, 1.165) is 17.0 Å². The summed E-state index contributed by atoms with van der Waals surface area (Å²) in [6.45, 7) is 0.135. The normalized spacial score (nSPS) is 14.5. The molecule has 1 saturated heterocycles. The van der Waals surface area contributed by atoms with E-state index in [1.807, 2.05) is 0 Å². The third kappa shape index (κ3) is 4.86. The molecule has 8 nitrogen and oxygen atoms in total. The van der Waals surface area contributed by atoms with Crippen LogP contribution in [0.25, 0.3) is 6.08 Å². The fraction of sp³-hybridized carbons (Fsp3) is 0.0769. The Morgan fingerprint density at radius 2 is 1.77 bits per heavy atom. The number of carbonyl (C=O) groups is 3. The van der Waals surface area contributed by atoms with E-state index in [1.165, 1.54) is 25.3 Å². The number of anilines is 1. The second-order valence-electron chi connectivity index (χ2n) is 7.40. The van der Waals surface area contributed by atoms with Crippen molar-refractivity contribution < 1.29 is 28.2 Å². The average Bonchev–Trinajstić information content (AvgIpc) is 2.86. The number of carbonyl (C=O) groups excluding carboxylic acids is 3. The quantitative estimate of drug-likeness (QED) is 0.431. The number of ether oxygens (including phenoxy) is 2. The molecule has 3 aromatic rings. The molecule has 0 bridgehead atoms. The minimum Gasteiger partial charge on any atom is -0.493 e. The van der Waals surface area contributed by atoms with Crippen molar-refractivity contribution in [2.75, 3.05) is 12.0 Å². The van der Waals surface area contributed by atoms with Gasteiger partial charge in [-0.1, -0.05) is 24.3 Å². The standard InChI is InChI=1S/C26H18FN3O5/c1-34-23-13-16(6-11-22(23)35-15-18-5-3-2-4-17(18)14-28)12-21-24(31)29-26(33)30(25(21)32)20-9-7-19(27)8-10-20/h2-13H,15H2,1H3,(H,29,31,33)/b21-12+. The minimum absolute atomic E-state index is 0.117. The van der Waals surface area contributed by atoms with Crippen molar-refractivity contribution in [2.45, 2.75) is 6.61 Å². The number of hydrogen-bond acceptors (Lipinski definition) is 6. The van der Waals surface area contributed by atoms with Crippen molar-refractivity contribution in [2.24, 2.45) is 0 Å². The maximum absolute atomic E-state index is 13.3. The Morgan fingerprint density at radius 3 is 2.49 bits per heavy atom. The van der Waals surface area contributed by atoms with Crippen LogP contribution in [-0.2, 0) is 16.2 Å². The summed E-state index contributed by atoms with van der Waals surface area (Å²) in [5, 5.41) is 11.3. The minimum atomic E-state index is -0.928. The van der Waals surface area contributed by atoms with E-state index in [4.69, 9.17) is 9.47 Å². The molecule has 0 aromatic heterocycles. The van der Waals surface area contributed by atoms with Gasteiger partial charge in [0.15, 0.2) is 11.5 Å². The topological polar surface area (TPSA) is 109 Å². The van der Waals surface area contributed by atoms with Gasteiger partial charge in [-0.25, -0.2) is 14.1 Å². The first-order chi connectivity index (χ1) is 16.9. The fourth-order valence-electron chi connectivity index (χ4n) is 3.45. The zero-order valence-corrected chi connectivity index (χ0v) is 18.4. The summed E-state index contributed by atoms with van der Waals surface area (Å²) >= 11 is 0. The molecule has 1 aliphatic heterocycles. The number of urea groups is 1. The second-order valence-corrected chi connectivity index (χ2v) is 7.40. The number of nitrogens with zero attached hydrogens (tertiary/aromatic N) is 2. The molecule has 0 spiro atoms. The number of barbiturate groups is 1. The molecule has 1 heterocycles. The highest BCUT2D eigenvalue weighted by molar-refractivity contribution is 6.39. The van der Waals surface area contributed by atoms with E-state index in [-0.39, 0.29) is 17.9 Å². The molecule has 1 aliphatic rings. The van der Waals surface area contributed by atoms with Crippen molar-refractivity contribution in [1.29, 1.82) is 5.26 Å². The zero-order valence-electron chi connectivity index (χ0n) is 18.4. The van der Waals surface area contributed by atoms with Crippen LogP contribution in [0.15, 0.2) is 72.3 Å². The Morgan fingerprint density at radius 1 is 1.03 bits per heavy atom. The van der Waals surface area contributed by atoms with Crippen LogP contribution in [0.3, 0.4) is 0 Å².